The Labute approximate surface area is 125 Å². The van der Waals surface area contributed by atoms with Crippen LogP contribution in [0.2, 0.25) is 0 Å². The standard InChI is InChI=1S/C14H14BrN3O2/c15-11-6-7-16-13(10-11)18-14(19)17-8-9-20-12-4-2-1-3-5-12/h1-7,10H,8-9H2,(H2,16,17,18,19). The second-order valence-corrected chi connectivity index (χ2v) is 4.82. The van der Waals surface area contributed by atoms with Gasteiger partial charge in [0.15, 0.2) is 0 Å². The molecule has 0 spiro atoms. The quantitative estimate of drug-likeness (QED) is 0.825. The highest BCUT2D eigenvalue weighted by Gasteiger charge is 2.02. The molecule has 1 aromatic heterocycles. The highest BCUT2D eigenvalue weighted by atomic mass is 79.9. The molecule has 0 radical (unpaired) electrons. The molecule has 2 N–H and O–H groups in total. The van der Waals surface area contributed by atoms with Gasteiger partial charge in [0.2, 0.25) is 0 Å². The Morgan fingerprint density at radius 1 is 1.25 bits per heavy atom. The molecular formula is C14H14BrN3O2. The second-order valence-electron chi connectivity index (χ2n) is 3.90. The summed E-state index contributed by atoms with van der Waals surface area (Å²) in [6.45, 7) is 0.818. The smallest absolute Gasteiger partial charge is 0.320 e. The van der Waals surface area contributed by atoms with Crippen LogP contribution in [0.1, 0.15) is 0 Å². The number of rotatable bonds is 5. The number of urea groups is 1. The van der Waals surface area contributed by atoms with Crippen LogP contribution < -0.4 is 15.4 Å². The lowest BCUT2D eigenvalue weighted by atomic mass is 10.3. The van der Waals surface area contributed by atoms with E-state index in [0.717, 1.165) is 10.2 Å². The Morgan fingerprint density at radius 3 is 2.80 bits per heavy atom. The van der Waals surface area contributed by atoms with Crippen molar-refractivity contribution in [2.24, 2.45) is 0 Å². The molecule has 0 saturated heterocycles. The average Bonchev–Trinajstić information content (AvgIpc) is 2.45. The Balaban J connectivity index is 1.68. The highest BCUT2D eigenvalue weighted by molar-refractivity contribution is 9.10. The monoisotopic (exact) mass is 335 g/mol. The Morgan fingerprint density at radius 2 is 2.05 bits per heavy atom. The van der Waals surface area contributed by atoms with Gasteiger partial charge in [0, 0.05) is 10.7 Å². The van der Waals surface area contributed by atoms with Gasteiger partial charge in [0.05, 0.1) is 6.54 Å². The molecule has 1 heterocycles. The largest absolute Gasteiger partial charge is 0.492 e. The summed E-state index contributed by atoms with van der Waals surface area (Å²) in [5, 5.41) is 5.33. The van der Waals surface area contributed by atoms with E-state index in [1.807, 2.05) is 30.3 Å². The molecule has 0 aliphatic heterocycles. The molecule has 0 saturated carbocycles. The lowest BCUT2D eigenvalue weighted by Gasteiger charge is -2.08. The summed E-state index contributed by atoms with van der Waals surface area (Å²) in [6, 6.07) is 12.6. The number of anilines is 1. The fourth-order valence-corrected chi connectivity index (χ4v) is 1.82. The van der Waals surface area contributed by atoms with Crippen LogP contribution in [-0.4, -0.2) is 24.2 Å². The molecule has 6 heteroatoms. The minimum Gasteiger partial charge on any atom is -0.492 e. The molecule has 2 rings (SSSR count). The van der Waals surface area contributed by atoms with Gasteiger partial charge in [-0.15, -0.1) is 0 Å². The molecule has 0 aliphatic rings. The summed E-state index contributed by atoms with van der Waals surface area (Å²) < 4.78 is 6.32. The fourth-order valence-electron chi connectivity index (χ4n) is 1.48. The van der Waals surface area contributed by atoms with Crippen molar-refractivity contribution in [3.63, 3.8) is 0 Å². The Hall–Kier alpha value is -2.08. The maximum Gasteiger partial charge on any atom is 0.320 e. The number of carbonyl (C=O) groups is 1. The summed E-state index contributed by atoms with van der Waals surface area (Å²) in [6.07, 6.45) is 1.61. The topological polar surface area (TPSA) is 63.2 Å². The molecule has 5 nitrogen and oxygen atoms in total. The van der Waals surface area contributed by atoms with Crippen molar-refractivity contribution in [2.75, 3.05) is 18.5 Å². The number of ether oxygens (including phenoxy) is 1. The van der Waals surface area contributed by atoms with Gasteiger partial charge in [-0.2, -0.15) is 0 Å². The minimum absolute atomic E-state index is 0.313. The predicted molar refractivity (Wildman–Crippen MR) is 80.9 cm³/mol. The molecule has 2 aromatic rings. The number of aromatic nitrogens is 1. The first-order valence-corrected chi connectivity index (χ1v) is 6.87. The van der Waals surface area contributed by atoms with Gasteiger partial charge < -0.3 is 10.1 Å². The van der Waals surface area contributed by atoms with Crippen LogP contribution in [0.5, 0.6) is 5.75 Å². The number of carbonyl (C=O) groups excluding carboxylic acids is 1. The van der Waals surface area contributed by atoms with Gasteiger partial charge in [-0.3, -0.25) is 5.32 Å². The lowest BCUT2D eigenvalue weighted by Crippen LogP contribution is -2.32. The predicted octanol–water partition coefficient (Wildman–Crippen LogP) is 3.04. The molecule has 0 fully saturated rings. The zero-order valence-electron chi connectivity index (χ0n) is 10.7. The van der Waals surface area contributed by atoms with Crippen molar-refractivity contribution in [1.82, 2.24) is 10.3 Å². The van der Waals surface area contributed by atoms with Crippen molar-refractivity contribution in [2.45, 2.75) is 0 Å². The summed E-state index contributed by atoms with van der Waals surface area (Å²) in [5.74, 6) is 1.27. The Kier molecular flexibility index (Phi) is 5.37. The number of pyridine rings is 1. The maximum absolute atomic E-state index is 11.6. The number of hydrogen-bond donors (Lipinski definition) is 2. The number of nitrogens with zero attached hydrogens (tertiary/aromatic N) is 1. The zero-order valence-corrected chi connectivity index (χ0v) is 12.3. The highest BCUT2D eigenvalue weighted by Crippen LogP contribution is 2.12. The van der Waals surface area contributed by atoms with E-state index in [2.05, 4.69) is 31.5 Å². The molecule has 1 aromatic carbocycles. The van der Waals surface area contributed by atoms with Crippen LogP contribution in [0.25, 0.3) is 0 Å². The zero-order chi connectivity index (χ0) is 14.2. The van der Waals surface area contributed by atoms with Crippen LogP contribution in [-0.2, 0) is 0 Å². The molecular weight excluding hydrogens is 322 g/mol. The maximum atomic E-state index is 11.6. The van der Waals surface area contributed by atoms with Crippen molar-refractivity contribution < 1.29 is 9.53 Å². The van der Waals surface area contributed by atoms with E-state index in [-0.39, 0.29) is 6.03 Å². The van der Waals surface area contributed by atoms with Crippen LogP contribution in [0.4, 0.5) is 10.6 Å². The number of halogens is 1. The van der Waals surface area contributed by atoms with Gasteiger partial charge in [0.1, 0.15) is 18.2 Å². The molecule has 0 unspecified atom stereocenters. The van der Waals surface area contributed by atoms with E-state index < -0.39 is 0 Å². The molecule has 20 heavy (non-hydrogen) atoms. The third-order valence-electron chi connectivity index (χ3n) is 2.36. The number of hydrogen-bond acceptors (Lipinski definition) is 3. The third kappa shape index (κ3) is 4.89. The fraction of sp³-hybridized carbons (Fsp3) is 0.143. The number of nitrogens with one attached hydrogen (secondary N) is 2. The van der Waals surface area contributed by atoms with E-state index in [1.54, 1.807) is 18.3 Å². The normalized spacial score (nSPS) is 9.85. The van der Waals surface area contributed by atoms with Crippen LogP contribution in [0, 0.1) is 0 Å². The van der Waals surface area contributed by atoms with Gasteiger partial charge in [-0.25, -0.2) is 9.78 Å². The van der Waals surface area contributed by atoms with Crippen LogP contribution in [0.15, 0.2) is 53.1 Å². The Bertz CT molecular complexity index is 563. The number of amides is 2. The molecule has 0 bridgehead atoms. The number of para-hydroxylation sites is 1. The van der Waals surface area contributed by atoms with E-state index >= 15 is 0 Å². The van der Waals surface area contributed by atoms with Crippen molar-refractivity contribution in [1.29, 1.82) is 0 Å². The van der Waals surface area contributed by atoms with Crippen molar-refractivity contribution in [3.8, 4) is 5.75 Å². The molecule has 2 amide bonds. The molecule has 0 atom stereocenters. The molecule has 0 aliphatic carbocycles. The van der Waals surface area contributed by atoms with Gasteiger partial charge >= 0.3 is 6.03 Å². The second kappa shape index (κ2) is 7.49. The van der Waals surface area contributed by atoms with E-state index in [9.17, 15) is 4.79 Å². The van der Waals surface area contributed by atoms with E-state index in [0.29, 0.717) is 19.0 Å². The average molecular weight is 336 g/mol. The molecule has 104 valence electrons. The number of benzene rings is 1. The first kappa shape index (κ1) is 14.3. The van der Waals surface area contributed by atoms with E-state index in [1.165, 1.54) is 0 Å². The van der Waals surface area contributed by atoms with Gasteiger partial charge in [0.25, 0.3) is 0 Å². The van der Waals surface area contributed by atoms with Gasteiger partial charge in [-0.05, 0) is 24.3 Å². The van der Waals surface area contributed by atoms with E-state index in [4.69, 9.17) is 4.74 Å². The van der Waals surface area contributed by atoms with Crippen LogP contribution >= 0.6 is 15.9 Å². The first-order chi connectivity index (χ1) is 9.74. The SMILES string of the molecule is O=C(NCCOc1ccccc1)Nc1cc(Br)ccn1. The van der Waals surface area contributed by atoms with Crippen molar-refractivity contribution in [3.05, 3.63) is 53.1 Å². The first-order valence-electron chi connectivity index (χ1n) is 6.08. The third-order valence-corrected chi connectivity index (χ3v) is 2.86. The summed E-state index contributed by atoms with van der Waals surface area (Å²) in [4.78, 5) is 15.6. The lowest BCUT2D eigenvalue weighted by molar-refractivity contribution is 0.247. The van der Waals surface area contributed by atoms with Gasteiger partial charge in [-0.1, -0.05) is 34.1 Å². The van der Waals surface area contributed by atoms with Crippen molar-refractivity contribution >= 4 is 27.8 Å². The summed E-state index contributed by atoms with van der Waals surface area (Å²) >= 11 is 3.31. The minimum atomic E-state index is -0.313. The van der Waals surface area contributed by atoms with Crippen LogP contribution in [0.3, 0.4) is 0 Å². The summed E-state index contributed by atoms with van der Waals surface area (Å²) in [5.41, 5.74) is 0. The summed E-state index contributed by atoms with van der Waals surface area (Å²) in [7, 11) is 0.